The lowest BCUT2D eigenvalue weighted by Crippen LogP contribution is -1.95. The Morgan fingerprint density at radius 1 is 0.500 bits per heavy atom. The predicted molar refractivity (Wildman–Crippen MR) is 183 cm³/mol. The molecule has 0 unspecified atom stereocenters. The van der Waals surface area contributed by atoms with Crippen molar-refractivity contribution >= 4 is 53.4 Å². The molecule has 0 aliphatic rings. The van der Waals surface area contributed by atoms with Crippen LogP contribution in [0.4, 0.5) is 0 Å². The number of benzene rings is 5. The average Bonchev–Trinajstić information content (AvgIpc) is 3.64. The van der Waals surface area contributed by atoms with E-state index in [1.807, 2.05) is 47.9 Å². The molecule has 0 aliphatic carbocycles. The summed E-state index contributed by atoms with van der Waals surface area (Å²) in [5.74, 6) is 0.710. The first-order valence-corrected chi connectivity index (χ1v) is 15.4. The van der Waals surface area contributed by atoms with Crippen molar-refractivity contribution in [3.05, 3.63) is 146 Å². The Labute approximate surface area is 257 Å². The van der Waals surface area contributed by atoms with E-state index in [4.69, 9.17) is 9.97 Å². The maximum atomic E-state index is 5.31. The van der Waals surface area contributed by atoms with E-state index in [-0.39, 0.29) is 0 Å². The summed E-state index contributed by atoms with van der Waals surface area (Å²) in [7, 11) is 0. The summed E-state index contributed by atoms with van der Waals surface area (Å²) >= 11 is 1.85. The highest BCUT2D eigenvalue weighted by Gasteiger charge is 2.19. The van der Waals surface area contributed by atoms with Crippen LogP contribution in [0.3, 0.4) is 0 Å². The van der Waals surface area contributed by atoms with Crippen molar-refractivity contribution < 1.29 is 0 Å². The predicted octanol–water partition coefficient (Wildman–Crippen LogP) is 10.3. The highest BCUT2D eigenvalue weighted by molar-refractivity contribution is 7.26. The van der Waals surface area contributed by atoms with Crippen molar-refractivity contribution in [3.8, 4) is 39.6 Å². The van der Waals surface area contributed by atoms with Crippen molar-refractivity contribution in [3.63, 3.8) is 0 Å². The van der Waals surface area contributed by atoms with Gasteiger partial charge in [-0.05, 0) is 54.6 Å². The zero-order valence-electron chi connectivity index (χ0n) is 23.6. The van der Waals surface area contributed by atoms with Crippen molar-refractivity contribution in [2.45, 2.75) is 0 Å². The molecule has 0 atom stereocenters. The van der Waals surface area contributed by atoms with Crippen LogP contribution in [0.25, 0.3) is 81.7 Å². The van der Waals surface area contributed by atoms with Crippen LogP contribution in [0.2, 0.25) is 0 Å². The minimum Gasteiger partial charge on any atom is -0.308 e. The molecule has 0 spiro atoms. The van der Waals surface area contributed by atoms with E-state index in [1.54, 1.807) is 0 Å². The summed E-state index contributed by atoms with van der Waals surface area (Å²) in [6.07, 6.45) is 1.83. The summed E-state index contributed by atoms with van der Waals surface area (Å²) in [4.78, 5) is 14.8. The number of thiophene rings is 1. The molecule has 0 fully saturated rings. The molecule has 0 bridgehead atoms. The Kier molecular flexibility index (Phi) is 5.64. The first kappa shape index (κ1) is 24.9. The highest BCUT2D eigenvalue weighted by atomic mass is 32.1. The van der Waals surface area contributed by atoms with E-state index in [2.05, 4.69) is 119 Å². The summed E-state index contributed by atoms with van der Waals surface area (Å²) in [5, 5.41) is 3.76. The van der Waals surface area contributed by atoms with Gasteiger partial charge < -0.3 is 4.57 Å². The first-order valence-electron chi connectivity index (χ1n) is 14.6. The normalized spacial score (nSPS) is 11.6. The number of pyridine rings is 1. The largest absolute Gasteiger partial charge is 0.308 e. The Bertz CT molecular complexity index is 2480. The Balaban J connectivity index is 1.24. The topological polar surface area (TPSA) is 43.6 Å². The van der Waals surface area contributed by atoms with Crippen molar-refractivity contribution in [2.75, 3.05) is 0 Å². The Morgan fingerprint density at radius 3 is 1.95 bits per heavy atom. The van der Waals surface area contributed by atoms with E-state index in [1.165, 1.54) is 25.6 Å². The molecule has 9 aromatic rings. The van der Waals surface area contributed by atoms with Crippen LogP contribution in [0.5, 0.6) is 0 Å². The van der Waals surface area contributed by atoms with Gasteiger partial charge in [-0.15, -0.1) is 11.3 Å². The first-order chi connectivity index (χ1) is 21.8. The molecule has 0 aliphatic heterocycles. The molecule has 0 saturated carbocycles. The second-order valence-corrected chi connectivity index (χ2v) is 11.9. The molecular weight excluding hydrogens is 557 g/mol. The van der Waals surface area contributed by atoms with E-state index in [0.29, 0.717) is 5.82 Å². The zero-order valence-corrected chi connectivity index (χ0v) is 24.4. The quantitative estimate of drug-likeness (QED) is 0.208. The zero-order chi connectivity index (χ0) is 29.0. The number of hydrogen-bond acceptors (Lipinski definition) is 4. The monoisotopic (exact) mass is 580 g/mol. The van der Waals surface area contributed by atoms with Crippen LogP contribution in [0, 0.1) is 0 Å². The standard InChI is InChI=1S/C39H24N4S/c1-3-9-25(10-4-1)31-20-22-34-37(41-31)36-33(21-19-30-29-13-7-8-14-35(29)44-38(30)36)43(34)28-17-15-27(16-18-28)39-40-24-23-32(42-39)26-11-5-2-6-12-26/h1-24H. The van der Waals surface area contributed by atoms with Gasteiger partial charge in [0.15, 0.2) is 5.82 Å². The van der Waals surface area contributed by atoms with Crippen LogP contribution in [-0.2, 0) is 0 Å². The number of fused-ring (bicyclic) bond motifs is 7. The molecular formula is C39H24N4S. The lowest BCUT2D eigenvalue weighted by molar-refractivity contribution is 1.16. The van der Waals surface area contributed by atoms with E-state index >= 15 is 0 Å². The smallest absolute Gasteiger partial charge is 0.159 e. The van der Waals surface area contributed by atoms with Crippen LogP contribution in [0.15, 0.2) is 146 Å². The molecule has 4 nitrogen and oxygen atoms in total. The van der Waals surface area contributed by atoms with Gasteiger partial charge in [-0.2, -0.15) is 0 Å². The number of rotatable bonds is 4. The summed E-state index contributed by atoms with van der Waals surface area (Å²) in [6.45, 7) is 0. The average molecular weight is 581 g/mol. The molecule has 206 valence electrons. The van der Waals surface area contributed by atoms with Crippen LogP contribution in [-0.4, -0.2) is 19.5 Å². The molecule has 5 heteroatoms. The summed E-state index contributed by atoms with van der Waals surface area (Å²) in [5.41, 5.74) is 9.36. The molecule has 0 radical (unpaired) electrons. The van der Waals surface area contributed by atoms with Gasteiger partial charge in [-0.3, -0.25) is 0 Å². The van der Waals surface area contributed by atoms with Gasteiger partial charge in [-0.25, -0.2) is 15.0 Å². The van der Waals surface area contributed by atoms with Gasteiger partial charge in [0.25, 0.3) is 0 Å². The third-order valence-electron chi connectivity index (χ3n) is 8.30. The minimum atomic E-state index is 0.710. The summed E-state index contributed by atoms with van der Waals surface area (Å²) < 4.78 is 4.89. The molecule has 0 N–H and O–H groups in total. The van der Waals surface area contributed by atoms with Crippen LogP contribution < -0.4 is 0 Å². The second kappa shape index (κ2) is 9.97. The number of hydrogen-bond donors (Lipinski definition) is 0. The van der Waals surface area contributed by atoms with Crippen LogP contribution >= 0.6 is 11.3 Å². The lowest BCUT2D eigenvalue weighted by Gasteiger charge is -2.10. The van der Waals surface area contributed by atoms with Gasteiger partial charge in [-0.1, -0.05) is 84.9 Å². The van der Waals surface area contributed by atoms with E-state index in [9.17, 15) is 0 Å². The number of aromatic nitrogens is 4. The van der Waals surface area contributed by atoms with E-state index in [0.717, 1.165) is 50.3 Å². The maximum Gasteiger partial charge on any atom is 0.159 e. The fraction of sp³-hybridized carbons (Fsp3) is 0. The van der Waals surface area contributed by atoms with Gasteiger partial charge in [0, 0.05) is 54.1 Å². The van der Waals surface area contributed by atoms with E-state index < -0.39 is 0 Å². The Hall–Kier alpha value is -5.65. The maximum absolute atomic E-state index is 5.31. The fourth-order valence-electron chi connectivity index (χ4n) is 6.21. The van der Waals surface area contributed by atoms with Crippen molar-refractivity contribution in [1.29, 1.82) is 0 Å². The Morgan fingerprint density at radius 2 is 1.18 bits per heavy atom. The van der Waals surface area contributed by atoms with Gasteiger partial charge in [0.2, 0.25) is 0 Å². The number of nitrogens with zero attached hydrogens (tertiary/aromatic N) is 4. The third kappa shape index (κ3) is 3.94. The van der Waals surface area contributed by atoms with Crippen LogP contribution in [0.1, 0.15) is 0 Å². The second-order valence-electron chi connectivity index (χ2n) is 10.9. The van der Waals surface area contributed by atoms with Crippen molar-refractivity contribution in [2.24, 2.45) is 0 Å². The minimum absolute atomic E-state index is 0.710. The highest BCUT2D eigenvalue weighted by Crippen LogP contribution is 2.43. The SMILES string of the molecule is c1ccc(-c2ccnc(-c3ccc(-n4c5ccc(-c6ccccc6)nc5c5c6sc7ccccc7c6ccc54)cc3)n2)cc1. The fourth-order valence-corrected chi connectivity index (χ4v) is 7.46. The molecule has 4 heterocycles. The van der Waals surface area contributed by atoms with Gasteiger partial charge in [0.05, 0.1) is 27.9 Å². The van der Waals surface area contributed by atoms with Crippen molar-refractivity contribution in [1.82, 2.24) is 19.5 Å². The molecule has 4 aromatic heterocycles. The molecule has 44 heavy (non-hydrogen) atoms. The third-order valence-corrected chi connectivity index (χ3v) is 9.50. The summed E-state index contributed by atoms with van der Waals surface area (Å²) in [6, 6.07) is 48.7. The molecule has 9 rings (SSSR count). The van der Waals surface area contributed by atoms with Gasteiger partial charge >= 0.3 is 0 Å². The van der Waals surface area contributed by atoms with Gasteiger partial charge in [0.1, 0.15) is 0 Å². The molecule has 0 saturated heterocycles. The lowest BCUT2D eigenvalue weighted by atomic mass is 10.1. The molecule has 5 aromatic carbocycles. The molecule has 0 amide bonds.